The lowest BCUT2D eigenvalue weighted by molar-refractivity contribution is 0.0953. The van der Waals surface area contributed by atoms with Crippen molar-refractivity contribution >= 4 is 35.1 Å². The molecule has 0 bridgehead atoms. The Bertz CT molecular complexity index is 766. The van der Waals surface area contributed by atoms with E-state index in [1.54, 1.807) is 0 Å². The molecule has 152 valence electrons. The van der Waals surface area contributed by atoms with Crippen molar-refractivity contribution in [3.63, 3.8) is 0 Å². The third-order valence-electron chi connectivity index (χ3n) is 4.06. The largest absolute Gasteiger partial charge is 0.356 e. The molecule has 7 heteroatoms. The van der Waals surface area contributed by atoms with E-state index in [0.29, 0.717) is 28.2 Å². The van der Waals surface area contributed by atoms with E-state index in [1.807, 2.05) is 37.3 Å². The summed E-state index contributed by atoms with van der Waals surface area (Å²) in [5, 5.41) is 4.02. The number of aromatic nitrogens is 2. The molecule has 0 atom stereocenters. The van der Waals surface area contributed by atoms with Crippen LogP contribution < -0.4 is 10.2 Å². The Balaban J connectivity index is 2.09. The van der Waals surface area contributed by atoms with Gasteiger partial charge in [0.15, 0.2) is 5.16 Å². The number of amides is 1. The van der Waals surface area contributed by atoms with E-state index in [1.165, 1.54) is 11.8 Å². The average Bonchev–Trinajstić information content (AvgIpc) is 2.70. The maximum atomic E-state index is 12.2. The Labute approximate surface area is 177 Å². The molecule has 0 saturated heterocycles. The summed E-state index contributed by atoms with van der Waals surface area (Å²) in [5.41, 5.74) is 1.73. The second-order valence-electron chi connectivity index (χ2n) is 6.56. The highest BCUT2D eigenvalue weighted by molar-refractivity contribution is 7.98. The van der Waals surface area contributed by atoms with Gasteiger partial charge in [-0.05, 0) is 37.0 Å². The fourth-order valence-electron chi connectivity index (χ4n) is 2.78. The third-order valence-corrected chi connectivity index (χ3v) is 5.18. The molecular formula is C21H29ClN4OS. The molecule has 5 nitrogen and oxygen atoms in total. The van der Waals surface area contributed by atoms with Crippen LogP contribution in [-0.4, -0.2) is 35.5 Å². The SMILES string of the molecule is CCCNC(=O)c1cccc(CSc2nc(Cl)cc(N(CCC)CCC)n2)c1. The Morgan fingerprint density at radius 1 is 1.11 bits per heavy atom. The molecule has 28 heavy (non-hydrogen) atoms. The molecule has 0 fully saturated rings. The summed E-state index contributed by atoms with van der Waals surface area (Å²) in [6.07, 6.45) is 3.02. The standard InChI is InChI=1S/C21H29ClN4OS/c1-4-10-23-20(27)17-9-7-8-16(13-17)15-28-21-24-18(22)14-19(25-21)26(11-5-2)12-6-3/h7-9,13-14H,4-6,10-12,15H2,1-3H3,(H,23,27). The van der Waals surface area contributed by atoms with E-state index >= 15 is 0 Å². The molecule has 0 aliphatic carbocycles. The van der Waals surface area contributed by atoms with Crippen LogP contribution in [0.4, 0.5) is 5.82 Å². The molecule has 2 aromatic rings. The van der Waals surface area contributed by atoms with Crippen LogP contribution in [0.15, 0.2) is 35.5 Å². The second kappa shape index (κ2) is 11.9. The molecule has 0 aliphatic heterocycles. The van der Waals surface area contributed by atoms with Crippen LogP contribution in [0.3, 0.4) is 0 Å². The number of carbonyl (C=O) groups is 1. The highest BCUT2D eigenvalue weighted by Crippen LogP contribution is 2.25. The summed E-state index contributed by atoms with van der Waals surface area (Å²) in [4.78, 5) is 23.5. The minimum Gasteiger partial charge on any atom is -0.356 e. The summed E-state index contributed by atoms with van der Waals surface area (Å²) in [7, 11) is 0. The highest BCUT2D eigenvalue weighted by atomic mass is 35.5. The molecule has 0 saturated carbocycles. The van der Waals surface area contributed by atoms with Gasteiger partial charge in [-0.2, -0.15) is 0 Å². The number of carbonyl (C=O) groups excluding carboxylic acids is 1. The number of thioether (sulfide) groups is 1. The molecule has 0 aliphatic rings. The van der Waals surface area contributed by atoms with E-state index in [0.717, 1.165) is 43.7 Å². The Morgan fingerprint density at radius 3 is 2.54 bits per heavy atom. The van der Waals surface area contributed by atoms with E-state index in [4.69, 9.17) is 16.6 Å². The van der Waals surface area contributed by atoms with Crippen LogP contribution in [0.5, 0.6) is 0 Å². The number of halogens is 1. The average molecular weight is 421 g/mol. The predicted octanol–water partition coefficient (Wildman–Crippen LogP) is 5.19. The molecule has 2 rings (SSSR count). The summed E-state index contributed by atoms with van der Waals surface area (Å²) < 4.78 is 0. The van der Waals surface area contributed by atoms with Crippen molar-refractivity contribution in [2.45, 2.75) is 50.9 Å². The Hall–Kier alpha value is -1.79. The highest BCUT2D eigenvalue weighted by Gasteiger charge is 2.11. The van der Waals surface area contributed by atoms with E-state index < -0.39 is 0 Å². The van der Waals surface area contributed by atoms with Crippen LogP contribution in [0, 0.1) is 0 Å². The number of hydrogen-bond donors (Lipinski definition) is 1. The molecule has 1 heterocycles. The van der Waals surface area contributed by atoms with Crippen molar-refractivity contribution in [3.8, 4) is 0 Å². The topological polar surface area (TPSA) is 58.1 Å². The normalized spacial score (nSPS) is 10.7. The van der Waals surface area contributed by atoms with Gasteiger partial charge in [0.1, 0.15) is 11.0 Å². The monoisotopic (exact) mass is 420 g/mol. The molecule has 1 aromatic heterocycles. The number of benzene rings is 1. The summed E-state index contributed by atoms with van der Waals surface area (Å²) in [6.45, 7) is 8.92. The molecule has 1 N–H and O–H groups in total. The zero-order valence-electron chi connectivity index (χ0n) is 16.9. The number of nitrogens with one attached hydrogen (secondary N) is 1. The van der Waals surface area contributed by atoms with E-state index in [-0.39, 0.29) is 5.91 Å². The Kier molecular flexibility index (Phi) is 9.58. The fraction of sp³-hybridized carbons (Fsp3) is 0.476. The maximum Gasteiger partial charge on any atom is 0.251 e. The van der Waals surface area contributed by atoms with Gasteiger partial charge in [0.2, 0.25) is 0 Å². The maximum absolute atomic E-state index is 12.2. The first-order valence-electron chi connectivity index (χ1n) is 9.86. The first-order valence-corrected chi connectivity index (χ1v) is 11.2. The molecular weight excluding hydrogens is 392 g/mol. The first-order chi connectivity index (χ1) is 13.6. The molecule has 0 spiro atoms. The van der Waals surface area contributed by atoms with Gasteiger partial charge in [-0.3, -0.25) is 4.79 Å². The van der Waals surface area contributed by atoms with Crippen molar-refractivity contribution in [1.82, 2.24) is 15.3 Å². The van der Waals surface area contributed by atoms with Crippen LogP contribution in [0.25, 0.3) is 0 Å². The first kappa shape index (κ1) is 22.5. The minimum absolute atomic E-state index is 0.0373. The molecule has 1 amide bonds. The number of hydrogen-bond acceptors (Lipinski definition) is 5. The fourth-order valence-corrected chi connectivity index (χ4v) is 3.81. The van der Waals surface area contributed by atoms with Gasteiger partial charge in [-0.1, -0.05) is 56.3 Å². The lowest BCUT2D eigenvalue weighted by atomic mass is 10.1. The zero-order valence-corrected chi connectivity index (χ0v) is 18.4. The lowest BCUT2D eigenvalue weighted by Gasteiger charge is -2.22. The summed E-state index contributed by atoms with van der Waals surface area (Å²) >= 11 is 7.78. The van der Waals surface area contributed by atoms with Crippen molar-refractivity contribution in [3.05, 3.63) is 46.6 Å². The predicted molar refractivity (Wildman–Crippen MR) is 118 cm³/mol. The number of nitrogens with zero attached hydrogens (tertiary/aromatic N) is 3. The molecule has 0 unspecified atom stereocenters. The number of rotatable bonds is 11. The quantitative estimate of drug-likeness (QED) is 0.308. The Morgan fingerprint density at radius 2 is 1.86 bits per heavy atom. The van der Waals surface area contributed by atoms with Crippen molar-refractivity contribution in [2.24, 2.45) is 0 Å². The van der Waals surface area contributed by atoms with Gasteiger partial charge in [0, 0.05) is 37.0 Å². The van der Waals surface area contributed by atoms with Crippen LogP contribution >= 0.6 is 23.4 Å². The second-order valence-corrected chi connectivity index (χ2v) is 7.89. The zero-order chi connectivity index (χ0) is 20.4. The van der Waals surface area contributed by atoms with Crippen molar-refractivity contribution in [2.75, 3.05) is 24.5 Å². The van der Waals surface area contributed by atoms with Gasteiger partial charge in [0.25, 0.3) is 5.91 Å². The third kappa shape index (κ3) is 6.99. The van der Waals surface area contributed by atoms with Gasteiger partial charge in [0.05, 0.1) is 0 Å². The van der Waals surface area contributed by atoms with Crippen LogP contribution in [0.2, 0.25) is 5.15 Å². The molecule has 1 aromatic carbocycles. The van der Waals surface area contributed by atoms with E-state index in [2.05, 4.69) is 29.0 Å². The number of anilines is 1. The van der Waals surface area contributed by atoms with Crippen LogP contribution in [-0.2, 0) is 5.75 Å². The van der Waals surface area contributed by atoms with E-state index in [9.17, 15) is 4.79 Å². The van der Waals surface area contributed by atoms with Crippen molar-refractivity contribution < 1.29 is 4.79 Å². The van der Waals surface area contributed by atoms with Gasteiger partial charge in [-0.25, -0.2) is 9.97 Å². The lowest BCUT2D eigenvalue weighted by Crippen LogP contribution is -2.26. The van der Waals surface area contributed by atoms with Crippen LogP contribution in [0.1, 0.15) is 56.0 Å². The summed E-state index contributed by atoms with van der Waals surface area (Å²) in [6, 6.07) is 9.50. The molecule has 0 radical (unpaired) electrons. The minimum atomic E-state index is -0.0373. The van der Waals surface area contributed by atoms with Gasteiger partial charge >= 0.3 is 0 Å². The van der Waals surface area contributed by atoms with Gasteiger partial charge in [-0.15, -0.1) is 0 Å². The summed E-state index contributed by atoms with van der Waals surface area (Å²) in [5.74, 6) is 1.51. The van der Waals surface area contributed by atoms with Gasteiger partial charge < -0.3 is 10.2 Å². The van der Waals surface area contributed by atoms with Crippen molar-refractivity contribution in [1.29, 1.82) is 0 Å². The smallest absolute Gasteiger partial charge is 0.251 e.